The van der Waals surface area contributed by atoms with Crippen LogP contribution in [-0.2, 0) is 4.43 Å². The Labute approximate surface area is 96.0 Å². The van der Waals surface area contributed by atoms with Crippen molar-refractivity contribution in [3.8, 4) is 0 Å². The third kappa shape index (κ3) is 2.73. The van der Waals surface area contributed by atoms with Crippen molar-refractivity contribution in [1.29, 1.82) is 0 Å². The van der Waals surface area contributed by atoms with Crippen molar-refractivity contribution < 1.29 is 4.43 Å². The first kappa shape index (κ1) is 13.0. The van der Waals surface area contributed by atoms with E-state index in [2.05, 4.69) is 33.4 Å². The Balaban J connectivity index is 2.75. The van der Waals surface area contributed by atoms with Crippen LogP contribution in [0.2, 0.25) is 18.1 Å². The van der Waals surface area contributed by atoms with E-state index in [9.17, 15) is 0 Å². The molecule has 0 aliphatic heterocycles. The summed E-state index contributed by atoms with van der Waals surface area (Å²) in [4.78, 5) is 0. The van der Waals surface area contributed by atoms with Crippen LogP contribution in [0.5, 0.6) is 0 Å². The van der Waals surface area contributed by atoms with Gasteiger partial charge in [0.25, 0.3) is 0 Å². The van der Waals surface area contributed by atoms with Crippen molar-refractivity contribution in [2.75, 3.05) is 0 Å². The lowest BCUT2D eigenvalue weighted by Gasteiger charge is -2.38. The zero-order valence-electron chi connectivity index (χ0n) is 10.6. The van der Waals surface area contributed by atoms with Crippen LogP contribution in [0.4, 0.5) is 0 Å². The molecule has 0 aromatic heterocycles. The van der Waals surface area contributed by atoms with Gasteiger partial charge in [0.1, 0.15) is 0 Å². The highest BCUT2D eigenvalue weighted by atomic mass is 28.4. The first-order valence-electron chi connectivity index (χ1n) is 6.49. The highest BCUT2D eigenvalue weighted by Crippen LogP contribution is 2.39. The minimum Gasteiger partial charge on any atom is -0.408 e. The molecule has 1 rings (SSSR count). The van der Waals surface area contributed by atoms with E-state index in [4.69, 9.17) is 4.43 Å². The molecule has 0 saturated heterocycles. The van der Waals surface area contributed by atoms with Crippen molar-refractivity contribution in [2.24, 2.45) is 0 Å². The topological polar surface area (TPSA) is 9.23 Å². The van der Waals surface area contributed by atoms with Gasteiger partial charge in [-0.3, -0.25) is 0 Å². The van der Waals surface area contributed by atoms with Gasteiger partial charge >= 0.3 is 0 Å². The molecule has 1 nitrogen and oxygen atoms in total. The predicted octanol–water partition coefficient (Wildman–Crippen LogP) is 4.51. The second-order valence-electron chi connectivity index (χ2n) is 4.82. The van der Waals surface area contributed by atoms with Gasteiger partial charge < -0.3 is 4.43 Å². The molecule has 2 heteroatoms. The maximum Gasteiger partial charge on any atom is 0.193 e. The smallest absolute Gasteiger partial charge is 0.193 e. The maximum atomic E-state index is 6.60. The van der Waals surface area contributed by atoms with Crippen LogP contribution >= 0.6 is 0 Å². The van der Waals surface area contributed by atoms with E-state index in [-0.39, 0.29) is 5.60 Å². The molecule has 0 radical (unpaired) electrons. The Kier molecular flexibility index (Phi) is 4.59. The third-order valence-electron chi connectivity index (χ3n) is 4.17. The molecule has 0 unspecified atom stereocenters. The van der Waals surface area contributed by atoms with Crippen LogP contribution in [0.3, 0.4) is 0 Å². The van der Waals surface area contributed by atoms with E-state index in [1.807, 2.05) is 0 Å². The monoisotopic (exact) mass is 226 g/mol. The van der Waals surface area contributed by atoms with Gasteiger partial charge in [-0.05, 0) is 31.0 Å². The second-order valence-corrected chi connectivity index (χ2v) is 9.51. The van der Waals surface area contributed by atoms with Crippen LogP contribution in [0, 0.1) is 0 Å². The van der Waals surface area contributed by atoms with Gasteiger partial charge in [0, 0.05) is 0 Å². The zero-order valence-corrected chi connectivity index (χ0v) is 11.6. The van der Waals surface area contributed by atoms with Crippen molar-refractivity contribution in [2.45, 2.75) is 70.2 Å². The Morgan fingerprint density at radius 1 is 1.13 bits per heavy atom. The van der Waals surface area contributed by atoms with E-state index < -0.39 is 8.32 Å². The van der Waals surface area contributed by atoms with E-state index in [0.29, 0.717) is 0 Å². The molecule has 1 aliphatic carbocycles. The second kappa shape index (κ2) is 5.31. The van der Waals surface area contributed by atoms with Crippen LogP contribution in [0.25, 0.3) is 0 Å². The minimum atomic E-state index is -1.45. The molecule has 1 fully saturated rings. The van der Waals surface area contributed by atoms with Gasteiger partial charge in [0.15, 0.2) is 8.32 Å². The van der Waals surface area contributed by atoms with Gasteiger partial charge in [-0.1, -0.05) is 39.7 Å². The van der Waals surface area contributed by atoms with Crippen molar-refractivity contribution >= 4 is 8.32 Å². The summed E-state index contributed by atoms with van der Waals surface area (Å²) in [5.74, 6) is 0. The first-order chi connectivity index (χ1) is 7.16. The lowest BCUT2D eigenvalue weighted by Crippen LogP contribution is -2.45. The van der Waals surface area contributed by atoms with Gasteiger partial charge in [0.2, 0.25) is 0 Å². The van der Waals surface area contributed by atoms with Crippen LogP contribution in [-0.4, -0.2) is 13.9 Å². The summed E-state index contributed by atoms with van der Waals surface area (Å²) < 4.78 is 6.60. The molecule has 0 spiro atoms. The van der Waals surface area contributed by atoms with E-state index in [1.54, 1.807) is 0 Å². The van der Waals surface area contributed by atoms with Gasteiger partial charge in [-0.15, -0.1) is 6.58 Å². The Bertz CT molecular complexity index is 194. The van der Waals surface area contributed by atoms with E-state index in [0.717, 1.165) is 0 Å². The number of hydrogen-bond acceptors (Lipinski definition) is 1. The Morgan fingerprint density at radius 3 is 1.93 bits per heavy atom. The van der Waals surface area contributed by atoms with E-state index >= 15 is 0 Å². The van der Waals surface area contributed by atoms with Crippen LogP contribution in [0.15, 0.2) is 12.7 Å². The maximum absolute atomic E-state index is 6.60. The lowest BCUT2D eigenvalue weighted by molar-refractivity contribution is 0.114. The fraction of sp³-hybridized carbons (Fsp3) is 0.846. The van der Waals surface area contributed by atoms with Gasteiger partial charge in [-0.2, -0.15) is 0 Å². The molecule has 1 aliphatic rings. The molecule has 1 saturated carbocycles. The first-order valence-corrected chi connectivity index (χ1v) is 9.02. The molecule has 0 bridgehead atoms. The fourth-order valence-electron chi connectivity index (χ4n) is 2.72. The molecule has 0 atom stereocenters. The predicted molar refractivity (Wildman–Crippen MR) is 69.7 cm³/mol. The normalized spacial score (nSPS) is 20.5. The molecular formula is C13H26OSi. The van der Waals surface area contributed by atoms with Crippen molar-refractivity contribution in [3.05, 3.63) is 12.7 Å². The van der Waals surface area contributed by atoms with Crippen LogP contribution in [0.1, 0.15) is 46.5 Å². The zero-order chi connectivity index (χ0) is 11.4. The summed E-state index contributed by atoms with van der Waals surface area (Å²) in [6.45, 7) is 10.9. The van der Waals surface area contributed by atoms with Crippen molar-refractivity contribution in [3.63, 3.8) is 0 Å². The summed E-state index contributed by atoms with van der Waals surface area (Å²) >= 11 is 0. The summed E-state index contributed by atoms with van der Waals surface area (Å²) in [6, 6.07) is 3.74. The van der Waals surface area contributed by atoms with Crippen LogP contribution < -0.4 is 0 Å². The largest absolute Gasteiger partial charge is 0.408 e. The molecule has 88 valence electrons. The molecule has 15 heavy (non-hydrogen) atoms. The quantitative estimate of drug-likeness (QED) is 0.478. The highest BCUT2D eigenvalue weighted by Gasteiger charge is 2.40. The summed E-state index contributed by atoms with van der Waals surface area (Å²) in [7, 11) is -1.45. The molecule has 0 aromatic rings. The SMILES string of the molecule is C=CC1(O[Si](CC)(CC)CC)CCCC1. The van der Waals surface area contributed by atoms with E-state index in [1.165, 1.54) is 43.8 Å². The standard InChI is InChI=1S/C13H26OSi/c1-5-13(11-9-10-12-13)14-15(6-2,7-3)8-4/h5H,1,6-12H2,2-4H3. The molecular weight excluding hydrogens is 200 g/mol. The fourth-order valence-corrected chi connectivity index (χ4v) is 5.80. The summed E-state index contributed by atoms with van der Waals surface area (Å²) in [6.07, 6.45) is 7.11. The summed E-state index contributed by atoms with van der Waals surface area (Å²) in [5, 5.41) is 0. The Morgan fingerprint density at radius 2 is 1.60 bits per heavy atom. The van der Waals surface area contributed by atoms with Gasteiger partial charge in [-0.25, -0.2) is 0 Å². The molecule has 0 N–H and O–H groups in total. The molecule has 0 aromatic carbocycles. The van der Waals surface area contributed by atoms with Gasteiger partial charge in [0.05, 0.1) is 5.60 Å². The Hall–Kier alpha value is -0.0831. The highest BCUT2D eigenvalue weighted by molar-refractivity contribution is 6.73. The average molecular weight is 226 g/mol. The third-order valence-corrected chi connectivity index (χ3v) is 8.88. The number of hydrogen-bond donors (Lipinski definition) is 0. The lowest BCUT2D eigenvalue weighted by atomic mass is 10.0. The summed E-state index contributed by atoms with van der Waals surface area (Å²) in [5.41, 5.74) is 0.0499. The molecule has 0 heterocycles. The number of rotatable bonds is 6. The minimum absolute atomic E-state index is 0.0499. The molecule has 0 amide bonds. The average Bonchev–Trinajstić information content (AvgIpc) is 2.75. The van der Waals surface area contributed by atoms with Crippen molar-refractivity contribution in [1.82, 2.24) is 0 Å².